The monoisotopic (exact) mass is 280 g/mol. The number of aliphatic hydroxyl groups is 1. The lowest BCUT2D eigenvalue weighted by Crippen LogP contribution is -2.24. The van der Waals surface area contributed by atoms with Crippen molar-refractivity contribution < 1.29 is 5.11 Å². The number of anilines is 2. The summed E-state index contributed by atoms with van der Waals surface area (Å²) in [6, 6.07) is 0.0138. The maximum atomic E-state index is 9.43. The van der Waals surface area contributed by atoms with Crippen LogP contribution in [0.4, 0.5) is 11.8 Å². The van der Waals surface area contributed by atoms with Crippen molar-refractivity contribution in [3.63, 3.8) is 0 Å². The fourth-order valence-corrected chi connectivity index (χ4v) is 2.94. The Hall–Kier alpha value is -1.40. The van der Waals surface area contributed by atoms with Crippen molar-refractivity contribution in [1.29, 1.82) is 0 Å². The Kier molecular flexibility index (Phi) is 4.55. The molecule has 1 unspecified atom stereocenters. The van der Waals surface area contributed by atoms with E-state index >= 15 is 0 Å². The third-order valence-electron chi connectivity index (χ3n) is 3.08. The van der Waals surface area contributed by atoms with Crippen LogP contribution in [0.2, 0.25) is 0 Å². The van der Waals surface area contributed by atoms with Gasteiger partial charge in [-0.05, 0) is 24.3 Å². The molecule has 0 saturated heterocycles. The molecule has 0 aromatic carbocycles. The summed E-state index contributed by atoms with van der Waals surface area (Å²) in [6.45, 7) is 4.24. The molecular weight excluding hydrogens is 260 g/mol. The van der Waals surface area contributed by atoms with Crippen molar-refractivity contribution >= 4 is 33.3 Å². The number of rotatable bonds is 6. The van der Waals surface area contributed by atoms with Crippen LogP contribution >= 0.6 is 11.3 Å². The van der Waals surface area contributed by atoms with Gasteiger partial charge in [-0.1, -0.05) is 19.8 Å². The van der Waals surface area contributed by atoms with Crippen LogP contribution < -0.4 is 11.1 Å². The molecule has 2 aromatic heterocycles. The van der Waals surface area contributed by atoms with Gasteiger partial charge in [-0.3, -0.25) is 0 Å². The number of aliphatic hydroxyl groups excluding tert-OH is 1. The highest BCUT2D eigenvalue weighted by Crippen LogP contribution is 2.30. The topological polar surface area (TPSA) is 84.1 Å². The SMILES string of the molecule is CCCCC(CO)Nc1nc(N)nc2c(C)csc12. The highest BCUT2D eigenvalue weighted by Gasteiger charge is 2.14. The first-order valence-corrected chi connectivity index (χ1v) is 7.42. The molecule has 2 rings (SSSR count). The van der Waals surface area contributed by atoms with Gasteiger partial charge in [-0.15, -0.1) is 11.3 Å². The molecule has 2 heterocycles. The van der Waals surface area contributed by atoms with Crippen molar-refractivity contribution in [3.05, 3.63) is 10.9 Å². The Morgan fingerprint density at radius 2 is 2.26 bits per heavy atom. The molecule has 0 aliphatic rings. The number of nitrogens with zero attached hydrogens (tertiary/aromatic N) is 2. The minimum atomic E-state index is 0.0138. The van der Waals surface area contributed by atoms with Gasteiger partial charge >= 0.3 is 0 Å². The Bertz CT molecular complexity index is 555. The molecule has 0 aliphatic carbocycles. The molecule has 0 fully saturated rings. The van der Waals surface area contributed by atoms with Crippen LogP contribution in [0.15, 0.2) is 5.38 Å². The Morgan fingerprint density at radius 3 is 2.95 bits per heavy atom. The summed E-state index contributed by atoms with van der Waals surface area (Å²) in [7, 11) is 0. The minimum absolute atomic E-state index is 0.0138. The van der Waals surface area contributed by atoms with Crippen LogP contribution in [-0.2, 0) is 0 Å². The van der Waals surface area contributed by atoms with E-state index in [1.54, 1.807) is 11.3 Å². The number of nitrogens with one attached hydrogen (secondary N) is 1. The van der Waals surface area contributed by atoms with E-state index in [9.17, 15) is 5.11 Å². The van der Waals surface area contributed by atoms with Crippen molar-refractivity contribution in [3.8, 4) is 0 Å². The van der Waals surface area contributed by atoms with E-state index < -0.39 is 0 Å². The average Bonchev–Trinajstić information content (AvgIpc) is 2.76. The number of nitrogen functional groups attached to an aromatic ring is 1. The molecule has 0 amide bonds. The Labute approximate surface area is 116 Å². The number of hydrogen-bond acceptors (Lipinski definition) is 6. The zero-order valence-corrected chi connectivity index (χ0v) is 12.1. The second-order valence-electron chi connectivity index (χ2n) is 4.69. The Morgan fingerprint density at radius 1 is 1.47 bits per heavy atom. The average molecular weight is 280 g/mol. The van der Waals surface area contributed by atoms with E-state index in [2.05, 4.69) is 22.2 Å². The van der Waals surface area contributed by atoms with Gasteiger partial charge in [-0.25, -0.2) is 4.98 Å². The molecule has 5 nitrogen and oxygen atoms in total. The number of nitrogens with two attached hydrogens (primary N) is 1. The third kappa shape index (κ3) is 3.13. The maximum Gasteiger partial charge on any atom is 0.222 e. The number of aromatic nitrogens is 2. The van der Waals surface area contributed by atoms with Crippen molar-refractivity contribution in [1.82, 2.24) is 9.97 Å². The minimum Gasteiger partial charge on any atom is -0.394 e. The fraction of sp³-hybridized carbons (Fsp3) is 0.538. The van der Waals surface area contributed by atoms with Gasteiger partial charge in [-0.2, -0.15) is 4.98 Å². The first-order chi connectivity index (χ1) is 9.15. The van der Waals surface area contributed by atoms with Crippen molar-refractivity contribution in [2.75, 3.05) is 17.7 Å². The zero-order chi connectivity index (χ0) is 13.8. The summed E-state index contributed by atoms with van der Waals surface area (Å²) in [5.74, 6) is 0.999. The first-order valence-electron chi connectivity index (χ1n) is 6.54. The second-order valence-corrected chi connectivity index (χ2v) is 5.57. The molecule has 1 atom stereocenters. The highest BCUT2D eigenvalue weighted by molar-refractivity contribution is 7.18. The van der Waals surface area contributed by atoms with E-state index in [0.29, 0.717) is 0 Å². The Balaban J connectivity index is 2.28. The number of hydrogen-bond donors (Lipinski definition) is 3. The standard InChI is InChI=1S/C13H20N4OS/c1-3-4-5-9(6-18)15-12-11-10(8(2)7-19-11)16-13(14)17-12/h7,9,18H,3-6H2,1-2H3,(H3,14,15,16,17). The molecule has 6 heteroatoms. The number of unbranched alkanes of at least 4 members (excludes halogenated alkanes) is 1. The van der Waals surface area contributed by atoms with Crippen molar-refractivity contribution in [2.24, 2.45) is 0 Å². The van der Waals surface area contributed by atoms with Crippen LogP contribution in [0.5, 0.6) is 0 Å². The summed E-state index contributed by atoms with van der Waals surface area (Å²) in [6.07, 6.45) is 3.10. The molecular formula is C13H20N4OS. The van der Waals surface area contributed by atoms with Crippen LogP contribution in [0, 0.1) is 6.92 Å². The molecule has 0 radical (unpaired) electrons. The number of fused-ring (bicyclic) bond motifs is 1. The van der Waals surface area contributed by atoms with E-state index in [1.807, 2.05) is 12.3 Å². The number of aryl methyl sites for hydroxylation is 1. The summed E-state index contributed by atoms with van der Waals surface area (Å²) in [4.78, 5) is 8.53. The van der Waals surface area contributed by atoms with Gasteiger partial charge in [0.15, 0.2) is 0 Å². The predicted molar refractivity (Wildman–Crippen MR) is 80.6 cm³/mol. The normalized spacial score (nSPS) is 12.8. The molecule has 0 bridgehead atoms. The quantitative estimate of drug-likeness (QED) is 0.757. The van der Waals surface area contributed by atoms with Crippen LogP contribution in [-0.4, -0.2) is 27.7 Å². The number of thiophene rings is 1. The van der Waals surface area contributed by atoms with Gasteiger partial charge in [0.2, 0.25) is 5.95 Å². The second kappa shape index (κ2) is 6.16. The largest absolute Gasteiger partial charge is 0.394 e. The predicted octanol–water partition coefficient (Wildman–Crippen LogP) is 2.54. The van der Waals surface area contributed by atoms with Crippen molar-refractivity contribution in [2.45, 2.75) is 39.2 Å². The lowest BCUT2D eigenvalue weighted by Gasteiger charge is -2.17. The van der Waals surface area contributed by atoms with Gasteiger partial charge in [0, 0.05) is 0 Å². The van der Waals surface area contributed by atoms with Gasteiger partial charge in [0.05, 0.1) is 22.9 Å². The third-order valence-corrected chi connectivity index (χ3v) is 4.17. The summed E-state index contributed by atoms with van der Waals surface area (Å²) in [5.41, 5.74) is 7.75. The van der Waals surface area contributed by atoms with E-state index in [-0.39, 0.29) is 18.6 Å². The van der Waals surface area contributed by atoms with Crippen LogP contribution in [0.1, 0.15) is 31.7 Å². The molecule has 0 saturated carbocycles. The van der Waals surface area contributed by atoms with Crippen LogP contribution in [0.25, 0.3) is 10.2 Å². The lowest BCUT2D eigenvalue weighted by molar-refractivity contribution is 0.267. The van der Waals surface area contributed by atoms with Gasteiger partial charge < -0.3 is 16.2 Å². The van der Waals surface area contributed by atoms with Gasteiger partial charge in [0.25, 0.3) is 0 Å². The van der Waals surface area contributed by atoms with E-state index in [1.165, 1.54) is 0 Å². The molecule has 19 heavy (non-hydrogen) atoms. The zero-order valence-electron chi connectivity index (χ0n) is 11.3. The maximum absolute atomic E-state index is 9.43. The lowest BCUT2D eigenvalue weighted by atomic mass is 10.1. The summed E-state index contributed by atoms with van der Waals surface area (Å²) >= 11 is 1.60. The molecule has 4 N–H and O–H groups in total. The molecule has 2 aromatic rings. The highest BCUT2D eigenvalue weighted by atomic mass is 32.1. The molecule has 0 aliphatic heterocycles. The fourth-order valence-electron chi connectivity index (χ4n) is 2.00. The van der Waals surface area contributed by atoms with Gasteiger partial charge in [0.1, 0.15) is 5.82 Å². The molecule has 104 valence electrons. The summed E-state index contributed by atoms with van der Waals surface area (Å²) in [5, 5.41) is 14.8. The first kappa shape index (κ1) is 14.0. The van der Waals surface area contributed by atoms with Crippen LogP contribution in [0.3, 0.4) is 0 Å². The summed E-state index contributed by atoms with van der Waals surface area (Å²) < 4.78 is 1.00. The molecule has 0 spiro atoms. The van der Waals surface area contributed by atoms with E-state index in [0.717, 1.165) is 40.9 Å². The van der Waals surface area contributed by atoms with E-state index in [4.69, 9.17) is 5.73 Å². The smallest absolute Gasteiger partial charge is 0.222 e.